The van der Waals surface area contributed by atoms with Crippen LogP contribution in [0.3, 0.4) is 0 Å². The van der Waals surface area contributed by atoms with Crippen LogP contribution in [-0.2, 0) is 4.74 Å². The van der Waals surface area contributed by atoms with Gasteiger partial charge in [-0.3, -0.25) is 0 Å². The summed E-state index contributed by atoms with van der Waals surface area (Å²) in [6, 6.07) is 6.63. The van der Waals surface area contributed by atoms with Crippen LogP contribution in [0.1, 0.15) is 36.7 Å². The molecule has 0 aliphatic rings. The number of hydrogen-bond donors (Lipinski definition) is 1. The lowest BCUT2D eigenvalue weighted by Gasteiger charge is -2.00. The Bertz CT molecular complexity index is 355. The molecule has 0 unspecified atom stereocenters. The predicted octanol–water partition coefficient (Wildman–Crippen LogP) is 2.70. The van der Waals surface area contributed by atoms with E-state index in [1.807, 2.05) is 13.8 Å². The summed E-state index contributed by atoms with van der Waals surface area (Å²) < 4.78 is 4.54. The Kier molecular flexibility index (Phi) is 6.59. The minimum absolute atomic E-state index is 0.379. The van der Waals surface area contributed by atoms with E-state index < -0.39 is 0 Å². The summed E-state index contributed by atoms with van der Waals surface area (Å²) in [5, 5.41) is 11.6. The second kappa shape index (κ2) is 7.45. The lowest BCUT2D eigenvalue weighted by Crippen LogP contribution is -2.02. The number of oxime groups is 1. The Hall–Kier alpha value is -1.84. The first-order valence-corrected chi connectivity index (χ1v) is 5.06. The number of methoxy groups -OCH3 is 1. The normalized spacial score (nSPS) is 10.1. The zero-order valence-electron chi connectivity index (χ0n) is 10.0. The van der Waals surface area contributed by atoms with Crippen LogP contribution >= 0.6 is 0 Å². The molecule has 16 heavy (non-hydrogen) atoms. The Balaban J connectivity index is 0.00000106. The molecule has 0 aliphatic heterocycles. The zero-order chi connectivity index (χ0) is 12.6. The molecule has 0 aliphatic carbocycles. The molecule has 0 radical (unpaired) electrons. The maximum absolute atomic E-state index is 11.1. The lowest BCUT2D eigenvalue weighted by atomic mass is 10.1. The molecule has 1 aromatic rings. The number of carbonyl (C=O) groups excluding carboxylic acids is 1. The topological polar surface area (TPSA) is 58.9 Å². The van der Waals surface area contributed by atoms with Crippen LogP contribution < -0.4 is 0 Å². The first kappa shape index (κ1) is 14.2. The number of hydrogen-bond acceptors (Lipinski definition) is 4. The molecule has 0 amide bonds. The SMILES string of the molecule is CC.COC(=O)c1ccc(/C(C)=N/O)cc1. The van der Waals surface area contributed by atoms with Gasteiger partial charge >= 0.3 is 5.97 Å². The monoisotopic (exact) mass is 223 g/mol. The van der Waals surface area contributed by atoms with Gasteiger partial charge < -0.3 is 9.94 Å². The van der Waals surface area contributed by atoms with E-state index in [1.54, 1.807) is 31.2 Å². The molecule has 0 aromatic heterocycles. The average molecular weight is 223 g/mol. The second-order valence-electron chi connectivity index (χ2n) is 2.75. The van der Waals surface area contributed by atoms with Gasteiger partial charge in [0.15, 0.2) is 0 Å². The van der Waals surface area contributed by atoms with Gasteiger partial charge in [-0.05, 0) is 24.6 Å². The average Bonchev–Trinajstić information content (AvgIpc) is 2.39. The van der Waals surface area contributed by atoms with Crippen molar-refractivity contribution < 1.29 is 14.7 Å². The number of rotatable bonds is 2. The fourth-order valence-electron chi connectivity index (χ4n) is 1.02. The van der Waals surface area contributed by atoms with Crippen molar-refractivity contribution in [3.05, 3.63) is 35.4 Å². The summed E-state index contributed by atoms with van der Waals surface area (Å²) in [5.41, 5.74) is 1.74. The number of benzene rings is 1. The molecule has 0 saturated heterocycles. The largest absolute Gasteiger partial charge is 0.465 e. The molecule has 0 saturated carbocycles. The summed E-state index contributed by atoms with van der Waals surface area (Å²) in [6.07, 6.45) is 0. The van der Waals surface area contributed by atoms with Crippen molar-refractivity contribution in [2.24, 2.45) is 5.16 Å². The quantitative estimate of drug-likeness (QED) is 0.363. The molecule has 88 valence electrons. The Morgan fingerprint density at radius 1 is 1.19 bits per heavy atom. The van der Waals surface area contributed by atoms with Crippen molar-refractivity contribution in [2.45, 2.75) is 20.8 Å². The molecular formula is C12H17NO3. The van der Waals surface area contributed by atoms with Gasteiger partial charge in [0, 0.05) is 0 Å². The highest BCUT2D eigenvalue weighted by Crippen LogP contribution is 2.06. The number of carbonyl (C=O) groups is 1. The molecule has 4 nitrogen and oxygen atoms in total. The smallest absolute Gasteiger partial charge is 0.337 e. The fraction of sp³-hybridized carbons (Fsp3) is 0.333. The highest BCUT2D eigenvalue weighted by atomic mass is 16.5. The first-order chi connectivity index (χ1) is 7.69. The molecule has 0 heterocycles. The molecular weight excluding hydrogens is 206 g/mol. The van der Waals surface area contributed by atoms with E-state index in [1.165, 1.54) is 7.11 Å². The summed E-state index contributed by atoms with van der Waals surface area (Å²) >= 11 is 0. The van der Waals surface area contributed by atoms with Crippen LogP contribution in [0.2, 0.25) is 0 Å². The van der Waals surface area contributed by atoms with Crippen LogP contribution in [0.5, 0.6) is 0 Å². The van der Waals surface area contributed by atoms with E-state index in [0.29, 0.717) is 11.3 Å². The van der Waals surface area contributed by atoms with E-state index in [9.17, 15) is 4.79 Å². The lowest BCUT2D eigenvalue weighted by molar-refractivity contribution is 0.0600. The van der Waals surface area contributed by atoms with E-state index in [2.05, 4.69) is 9.89 Å². The Morgan fingerprint density at radius 2 is 1.62 bits per heavy atom. The predicted molar refractivity (Wildman–Crippen MR) is 63.1 cm³/mol. The van der Waals surface area contributed by atoms with Crippen molar-refractivity contribution in [3.63, 3.8) is 0 Å². The van der Waals surface area contributed by atoms with E-state index >= 15 is 0 Å². The van der Waals surface area contributed by atoms with E-state index in [4.69, 9.17) is 5.21 Å². The number of nitrogens with zero attached hydrogens (tertiary/aromatic N) is 1. The maximum atomic E-state index is 11.1. The van der Waals surface area contributed by atoms with Gasteiger partial charge in [-0.25, -0.2) is 4.79 Å². The van der Waals surface area contributed by atoms with E-state index in [-0.39, 0.29) is 5.97 Å². The zero-order valence-corrected chi connectivity index (χ0v) is 10.0. The molecule has 0 atom stereocenters. The maximum Gasteiger partial charge on any atom is 0.337 e. The summed E-state index contributed by atoms with van der Waals surface area (Å²) in [7, 11) is 1.33. The molecule has 1 rings (SSSR count). The fourth-order valence-corrected chi connectivity index (χ4v) is 1.02. The van der Waals surface area contributed by atoms with Gasteiger partial charge in [0.2, 0.25) is 0 Å². The second-order valence-corrected chi connectivity index (χ2v) is 2.75. The summed E-state index contributed by atoms with van der Waals surface area (Å²) in [5.74, 6) is -0.379. The molecule has 1 N–H and O–H groups in total. The Labute approximate surface area is 95.5 Å². The molecule has 0 spiro atoms. The van der Waals surface area contributed by atoms with Crippen LogP contribution in [-0.4, -0.2) is 24.0 Å². The molecule has 0 bridgehead atoms. The highest BCUT2D eigenvalue weighted by molar-refractivity contribution is 5.99. The van der Waals surface area contributed by atoms with Crippen LogP contribution in [0.15, 0.2) is 29.4 Å². The summed E-state index contributed by atoms with van der Waals surface area (Å²) in [4.78, 5) is 11.1. The Morgan fingerprint density at radius 3 is 2.00 bits per heavy atom. The van der Waals surface area contributed by atoms with Crippen molar-refractivity contribution in [2.75, 3.05) is 7.11 Å². The number of ether oxygens (including phenoxy) is 1. The minimum Gasteiger partial charge on any atom is -0.465 e. The van der Waals surface area contributed by atoms with Crippen molar-refractivity contribution >= 4 is 11.7 Å². The van der Waals surface area contributed by atoms with Gasteiger partial charge in [-0.15, -0.1) is 0 Å². The standard InChI is InChI=1S/C10H11NO3.C2H6/c1-7(11-13)8-3-5-9(6-4-8)10(12)14-2;1-2/h3-6,13H,1-2H3;1-2H3/b11-7+;. The van der Waals surface area contributed by atoms with Gasteiger partial charge in [0.25, 0.3) is 0 Å². The van der Waals surface area contributed by atoms with Crippen molar-refractivity contribution in [1.82, 2.24) is 0 Å². The van der Waals surface area contributed by atoms with Crippen LogP contribution in [0.4, 0.5) is 0 Å². The third-order valence-corrected chi connectivity index (χ3v) is 1.87. The van der Waals surface area contributed by atoms with Gasteiger partial charge in [0.05, 0.1) is 18.4 Å². The number of esters is 1. The van der Waals surface area contributed by atoms with Gasteiger partial charge in [-0.1, -0.05) is 31.1 Å². The van der Waals surface area contributed by atoms with Crippen LogP contribution in [0, 0.1) is 0 Å². The first-order valence-electron chi connectivity index (χ1n) is 5.06. The van der Waals surface area contributed by atoms with Gasteiger partial charge in [0.1, 0.15) is 0 Å². The minimum atomic E-state index is -0.379. The highest BCUT2D eigenvalue weighted by Gasteiger charge is 2.05. The molecule has 0 fully saturated rings. The summed E-state index contributed by atoms with van der Waals surface area (Å²) in [6.45, 7) is 5.67. The van der Waals surface area contributed by atoms with Gasteiger partial charge in [-0.2, -0.15) is 0 Å². The van der Waals surface area contributed by atoms with Crippen molar-refractivity contribution in [1.29, 1.82) is 0 Å². The van der Waals surface area contributed by atoms with E-state index in [0.717, 1.165) is 5.56 Å². The molecule has 1 aromatic carbocycles. The third-order valence-electron chi connectivity index (χ3n) is 1.87. The van der Waals surface area contributed by atoms with Crippen LogP contribution in [0.25, 0.3) is 0 Å². The molecule has 4 heteroatoms. The third kappa shape index (κ3) is 3.73. The van der Waals surface area contributed by atoms with Crippen molar-refractivity contribution in [3.8, 4) is 0 Å².